The lowest BCUT2D eigenvalue weighted by Gasteiger charge is -2.15. The fourth-order valence-electron chi connectivity index (χ4n) is 2.53. The van der Waals surface area contributed by atoms with Crippen LogP contribution >= 0.6 is 0 Å². The van der Waals surface area contributed by atoms with E-state index in [-0.39, 0.29) is 50.7 Å². The number of nitrogen functional groups attached to an aromatic ring is 2. The highest BCUT2D eigenvalue weighted by atomic mass is 32.2. The van der Waals surface area contributed by atoms with E-state index in [1.807, 2.05) is 0 Å². The summed E-state index contributed by atoms with van der Waals surface area (Å²) in [5.41, 5.74) is 11.7. The molecular weight excluding hydrogens is 416 g/mol. The SMILES string of the molecule is CCS(=O)(=O)c1ccc(Oc2cc(N)c(N)c(Oc3ccccc3C(F)F)c2)cn1. The molecule has 2 aromatic carbocycles. The van der Waals surface area contributed by atoms with Crippen molar-refractivity contribution in [1.82, 2.24) is 4.98 Å². The van der Waals surface area contributed by atoms with E-state index in [1.54, 1.807) is 6.07 Å². The summed E-state index contributed by atoms with van der Waals surface area (Å²) >= 11 is 0. The van der Waals surface area contributed by atoms with Gasteiger partial charge in [0.25, 0.3) is 6.43 Å². The zero-order chi connectivity index (χ0) is 21.9. The number of sulfone groups is 1. The molecule has 0 saturated carbocycles. The van der Waals surface area contributed by atoms with E-state index in [4.69, 9.17) is 20.9 Å². The molecule has 0 aliphatic carbocycles. The Kier molecular flexibility index (Phi) is 6.06. The number of nitrogens with zero attached hydrogens (tertiary/aromatic N) is 1. The van der Waals surface area contributed by atoms with Crippen molar-refractivity contribution in [3.8, 4) is 23.0 Å². The molecule has 0 unspecified atom stereocenters. The molecule has 1 heterocycles. The van der Waals surface area contributed by atoms with Crippen LogP contribution in [0.3, 0.4) is 0 Å². The Balaban J connectivity index is 1.89. The Morgan fingerprint density at radius 2 is 1.73 bits per heavy atom. The number of ether oxygens (including phenoxy) is 2. The van der Waals surface area contributed by atoms with Gasteiger partial charge in [0, 0.05) is 12.1 Å². The van der Waals surface area contributed by atoms with Gasteiger partial charge in [0.15, 0.2) is 20.6 Å². The molecule has 3 rings (SSSR count). The third kappa shape index (κ3) is 4.60. The predicted octanol–water partition coefficient (Wildman–Crippen LogP) is 4.56. The van der Waals surface area contributed by atoms with Crippen LogP contribution in [-0.4, -0.2) is 19.2 Å². The molecule has 10 heteroatoms. The van der Waals surface area contributed by atoms with Gasteiger partial charge in [0.1, 0.15) is 17.2 Å². The molecular formula is C20H19F2N3O4S. The molecule has 1 aromatic heterocycles. The van der Waals surface area contributed by atoms with Crippen molar-refractivity contribution in [2.24, 2.45) is 0 Å². The number of aromatic nitrogens is 1. The van der Waals surface area contributed by atoms with Gasteiger partial charge in [-0.05, 0) is 24.3 Å². The van der Waals surface area contributed by atoms with E-state index in [2.05, 4.69) is 4.98 Å². The molecule has 0 radical (unpaired) electrons. The van der Waals surface area contributed by atoms with Crippen molar-refractivity contribution in [3.63, 3.8) is 0 Å². The van der Waals surface area contributed by atoms with Gasteiger partial charge in [-0.2, -0.15) is 0 Å². The number of anilines is 2. The van der Waals surface area contributed by atoms with Crippen molar-refractivity contribution in [2.75, 3.05) is 17.2 Å². The van der Waals surface area contributed by atoms with Gasteiger partial charge in [0.05, 0.1) is 28.9 Å². The third-order valence-electron chi connectivity index (χ3n) is 4.17. The van der Waals surface area contributed by atoms with Crippen LogP contribution in [0.1, 0.15) is 18.9 Å². The molecule has 30 heavy (non-hydrogen) atoms. The number of nitrogens with two attached hydrogens (primary N) is 2. The molecule has 0 fully saturated rings. The lowest BCUT2D eigenvalue weighted by atomic mass is 10.2. The highest BCUT2D eigenvalue weighted by molar-refractivity contribution is 7.91. The van der Waals surface area contributed by atoms with Gasteiger partial charge < -0.3 is 20.9 Å². The quantitative estimate of drug-likeness (QED) is 0.522. The highest BCUT2D eigenvalue weighted by Gasteiger charge is 2.17. The smallest absolute Gasteiger partial charge is 0.267 e. The maximum absolute atomic E-state index is 13.2. The fraction of sp³-hybridized carbons (Fsp3) is 0.150. The molecule has 4 N–H and O–H groups in total. The van der Waals surface area contributed by atoms with Gasteiger partial charge >= 0.3 is 0 Å². The first-order chi connectivity index (χ1) is 14.2. The number of benzene rings is 2. The zero-order valence-corrected chi connectivity index (χ0v) is 16.7. The molecule has 0 atom stereocenters. The van der Waals surface area contributed by atoms with Crippen LogP contribution in [-0.2, 0) is 9.84 Å². The summed E-state index contributed by atoms with van der Waals surface area (Å²) < 4.78 is 61.3. The van der Waals surface area contributed by atoms with Crippen LogP contribution in [0.15, 0.2) is 59.8 Å². The zero-order valence-electron chi connectivity index (χ0n) is 15.9. The number of rotatable bonds is 7. The number of hydrogen-bond donors (Lipinski definition) is 2. The van der Waals surface area contributed by atoms with Crippen LogP contribution in [0.5, 0.6) is 23.0 Å². The normalized spacial score (nSPS) is 11.5. The first-order valence-corrected chi connectivity index (χ1v) is 10.5. The standard InChI is InChI=1S/C20H19F2N3O4S/c1-2-30(26,27)18-8-7-12(11-25-18)28-13-9-15(23)19(24)17(10-13)29-16-6-4-3-5-14(16)20(21)22/h3-11,20H,2,23-24H2,1H3. The van der Waals surface area contributed by atoms with E-state index in [1.165, 1.54) is 55.6 Å². The second-order valence-electron chi connectivity index (χ2n) is 6.20. The van der Waals surface area contributed by atoms with E-state index in [9.17, 15) is 17.2 Å². The molecule has 0 amide bonds. The van der Waals surface area contributed by atoms with Gasteiger partial charge in [-0.1, -0.05) is 19.1 Å². The number of halogens is 2. The Morgan fingerprint density at radius 1 is 1.00 bits per heavy atom. The maximum Gasteiger partial charge on any atom is 0.267 e. The van der Waals surface area contributed by atoms with Crippen molar-refractivity contribution in [2.45, 2.75) is 18.4 Å². The average Bonchev–Trinajstić information content (AvgIpc) is 2.72. The molecule has 158 valence electrons. The van der Waals surface area contributed by atoms with Crippen molar-refractivity contribution < 1.29 is 26.7 Å². The first kappa shape index (κ1) is 21.3. The van der Waals surface area contributed by atoms with E-state index in [0.29, 0.717) is 0 Å². The van der Waals surface area contributed by atoms with Gasteiger partial charge in [-0.25, -0.2) is 22.2 Å². The molecule has 0 aliphatic rings. The van der Waals surface area contributed by atoms with E-state index >= 15 is 0 Å². The number of pyridine rings is 1. The summed E-state index contributed by atoms with van der Waals surface area (Å²) in [6.07, 6.45) is -1.48. The Labute approximate surface area is 172 Å². The fourth-order valence-corrected chi connectivity index (χ4v) is 3.32. The summed E-state index contributed by atoms with van der Waals surface area (Å²) in [4.78, 5) is 3.90. The second-order valence-corrected chi connectivity index (χ2v) is 8.43. The van der Waals surface area contributed by atoms with Crippen molar-refractivity contribution >= 4 is 21.2 Å². The predicted molar refractivity (Wildman–Crippen MR) is 109 cm³/mol. The molecule has 0 aliphatic heterocycles. The topological polar surface area (TPSA) is 118 Å². The number of alkyl halides is 2. The lowest BCUT2D eigenvalue weighted by molar-refractivity contribution is 0.148. The summed E-state index contributed by atoms with van der Waals surface area (Å²) in [6.45, 7) is 1.52. The molecule has 0 saturated heterocycles. The number of para-hydroxylation sites is 1. The summed E-state index contributed by atoms with van der Waals surface area (Å²) in [6, 6.07) is 11.3. The highest BCUT2D eigenvalue weighted by Crippen LogP contribution is 2.40. The minimum Gasteiger partial charge on any atom is -0.456 e. The van der Waals surface area contributed by atoms with Crippen LogP contribution in [0, 0.1) is 0 Å². The Morgan fingerprint density at radius 3 is 2.37 bits per heavy atom. The van der Waals surface area contributed by atoms with E-state index in [0.717, 1.165) is 0 Å². The summed E-state index contributed by atoms with van der Waals surface area (Å²) in [7, 11) is -3.44. The minimum absolute atomic E-state index is 0.0382. The molecule has 7 nitrogen and oxygen atoms in total. The molecule has 0 bridgehead atoms. The molecule has 0 spiro atoms. The summed E-state index contributed by atoms with van der Waals surface area (Å²) in [5.74, 6) is 0.352. The lowest BCUT2D eigenvalue weighted by Crippen LogP contribution is -2.05. The second kappa shape index (κ2) is 8.54. The maximum atomic E-state index is 13.2. The molecule has 3 aromatic rings. The Bertz CT molecular complexity index is 1150. The van der Waals surface area contributed by atoms with Crippen molar-refractivity contribution in [1.29, 1.82) is 0 Å². The third-order valence-corrected chi connectivity index (χ3v) is 5.80. The van der Waals surface area contributed by atoms with Gasteiger partial charge in [-0.3, -0.25) is 0 Å². The first-order valence-electron chi connectivity index (χ1n) is 8.82. The van der Waals surface area contributed by atoms with Gasteiger partial charge in [0.2, 0.25) is 0 Å². The van der Waals surface area contributed by atoms with E-state index < -0.39 is 16.3 Å². The minimum atomic E-state index is -3.44. The van der Waals surface area contributed by atoms with Crippen molar-refractivity contribution in [3.05, 3.63) is 60.3 Å². The number of hydrogen-bond acceptors (Lipinski definition) is 7. The van der Waals surface area contributed by atoms with Gasteiger partial charge in [-0.15, -0.1) is 0 Å². The van der Waals surface area contributed by atoms with Crippen LogP contribution in [0.25, 0.3) is 0 Å². The van der Waals surface area contributed by atoms with Crippen LogP contribution < -0.4 is 20.9 Å². The Hall–Kier alpha value is -3.40. The monoisotopic (exact) mass is 435 g/mol. The summed E-state index contributed by atoms with van der Waals surface area (Å²) in [5, 5.41) is -0.0678. The van der Waals surface area contributed by atoms with Crippen LogP contribution in [0.4, 0.5) is 20.2 Å². The average molecular weight is 435 g/mol. The largest absolute Gasteiger partial charge is 0.456 e. The van der Waals surface area contributed by atoms with Crippen LogP contribution in [0.2, 0.25) is 0 Å².